The zero-order valence-electron chi connectivity index (χ0n) is 15.2. The summed E-state index contributed by atoms with van der Waals surface area (Å²) in [4.78, 5) is 25.8. The van der Waals surface area contributed by atoms with Gasteiger partial charge in [0.05, 0.1) is 16.2 Å². The number of nitrogens with two attached hydrogens (primary N) is 1. The van der Waals surface area contributed by atoms with Crippen molar-refractivity contribution >= 4 is 38.0 Å². The molecule has 8 heteroatoms. The van der Waals surface area contributed by atoms with E-state index in [4.69, 9.17) is 5.73 Å². The summed E-state index contributed by atoms with van der Waals surface area (Å²) >= 11 is 1.40. The minimum Gasteiger partial charge on any atom is -0.365 e. The Morgan fingerprint density at radius 3 is 2.52 bits per heavy atom. The normalized spacial score (nSPS) is 16.6. The Morgan fingerprint density at radius 1 is 1.26 bits per heavy atom. The highest BCUT2D eigenvalue weighted by Crippen LogP contribution is 2.39. The lowest BCUT2D eigenvalue weighted by atomic mass is 9.88. The van der Waals surface area contributed by atoms with E-state index in [1.807, 2.05) is 0 Å². The zero-order chi connectivity index (χ0) is 19.8. The van der Waals surface area contributed by atoms with Gasteiger partial charge >= 0.3 is 0 Å². The number of thiophene rings is 1. The van der Waals surface area contributed by atoms with E-state index in [9.17, 15) is 18.0 Å². The first kappa shape index (κ1) is 19.6. The molecule has 2 amide bonds. The van der Waals surface area contributed by atoms with Gasteiger partial charge in [-0.2, -0.15) is 0 Å². The van der Waals surface area contributed by atoms with Gasteiger partial charge in [-0.1, -0.05) is 13.8 Å². The van der Waals surface area contributed by atoms with Crippen LogP contribution in [0.1, 0.15) is 51.4 Å². The number of carbonyl (C=O) groups is 2. The van der Waals surface area contributed by atoms with Crippen molar-refractivity contribution in [1.82, 2.24) is 0 Å². The highest BCUT2D eigenvalue weighted by atomic mass is 32.2. The molecule has 0 saturated heterocycles. The van der Waals surface area contributed by atoms with Crippen LogP contribution in [0.15, 0.2) is 29.2 Å². The molecule has 0 fully saturated rings. The van der Waals surface area contributed by atoms with Gasteiger partial charge in [-0.3, -0.25) is 9.59 Å². The van der Waals surface area contributed by atoms with Crippen molar-refractivity contribution in [3.8, 4) is 0 Å². The molecule has 3 rings (SSSR count). The number of benzene rings is 1. The number of hydrogen-bond acceptors (Lipinski definition) is 5. The first-order valence-corrected chi connectivity index (χ1v) is 11.3. The number of amides is 2. The Balaban J connectivity index is 1.87. The Morgan fingerprint density at radius 2 is 1.93 bits per heavy atom. The molecule has 1 heterocycles. The third-order valence-electron chi connectivity index (χ3n) is 4.84. The summed E-state index contributed by atoms with van der Waals surface area (Å²) in [6, 6.07) is 5.78. The van der Waals surface area contributed by atoms with Gasteiger partial charge in [0, 0.05) is 10.4 Å². The fourth-order valence-electron chi connectivity index (χ4n) is 3.26. The van der Waals surface area contributed by atoms with Gasteiger partial charge in [-0.05, 0) is 55.0 Å². The first-order valence-electron chi connectivity index (χ1n) is 8.81. The molecule has 2 aromatic rings. The Bertz CT molecular complexity index is 991. The van der Waals surface area contributed by atoms with E-state index in [1.54, 1.807) is 6.92 Å². The average Bonchev–Trinajstić information content (AvgIpc) is 2.98. The fraction of sp³-hybridized carbons (Fsp3) is 0.368. The van der Waals surface area contributed by atoms with Gasteiger partial charge < -0.3 is 11.1 Å². The van der Waals surface area contributed by atoms with Crippen molar-refractivity contribution < 1.29 is 18.0 Å². The van der Waals surface area contributed by atoms with Crippen LogP contribution in [0.3, 0.4) is 0 Å². The summed E-state index contributed by atoms with van der Waals surface area (Å²) in [7, 11) is -3.32. The second-order valence-electron chi connectivity index (χ2n) is 6.80. The zero-order valence-corrected chi connectivity index (χ0v) is 16.9. The molecule has 144 valence electrons. The lowest BCUT2D eigenvalue weighted by Crippen LogP contribution is -2.19. The predicted molar refractivity (Wildman–Crippen MR) is 106 cm³/mol. The maximum atomic E-state index is 12.6. The lowest BCUT2D eigenvalue weighted by Gasteiger charge is -2.18. The van der Waals surface area contributed by atoms with E-state index in [1.165, 1.54) is 35.6 Å². The molecule has 0 aliphatic heterocycles. The standard InChI is InChI=1S/C19H22N2O4S2/c1-3-27(24,25)13-7-5-12(6-8-13)18(23)21-19-16(17(20)22)14-9-4-11(2)10-15(14)26-19/h5-8,11H,3-4,9-10H2,1-2H3,(H2,20,22)(H,21,23)/t11-/m1/s1. The second kappa shape index (κ2) is 7.44. The fourth-order valence-corrected chi connectivity index (χ4v) is 5.55. The third kappa shape index (κ3) is 3.91. The maximum absolute atomic E-state index is 12.6. The molecule has 27 heavy (non-hydrogen) atoms. The van der Waals surface area contributed by atoms with Crippen molar-refractivity contribution in [2.75, 3.05) is 11.1 Å². The average molecular weight is 407 g/mol. The summed E-state index contributed by atoms with van der Waals surface area (Å²) < 4.78 is 23.8. The highest BCUT2D eigenvalue weighted by molar-refractivity contribution is 7.91. The van der Waals surface area contributed by atoms with Gasteiger partial charge in [0.2, 0.25) is 0 Å². The van der Waals surface area contributed by atoms with Crippen LogP contribution in [0.2, 0.25) is 0 Å². The number of primary amides is 1. The number of carbonyl (C=O) groups excluding carboxylic acids is 2. The van der Waals surface area contributed by atoms with Crippen molar-refractivity contribution in [2.45, 2.75) is 38.0 Å². The monoisotopic (exact) mass is 406 g/mol. The quantitative estimate of drug-likeness (QED) is 0.796. The number of hydrogen-bond donors (Lipinski definition) is 2. The summed E-state index contributed by atoms with van der Waals surface area (Å²) in [5.74, 6) is -0.403. The van der Waals surface area contributed by atoms with Gasteiger partial charge in [-0.15, -0.1) is 11.3 Å². The highest BCUT2D eigenvalue weighted by Gasteiger charge is 2.27. The molecule has 0 spiro atoms. The smallest absolute Gasteiger partial charge is 0.256 e. The minimum absolute atomic E-state index is 0.000311. The van der Waals surface area contributed by atoms with E-state index in [0.717, 1.165) is 29.7 Å². The summed E-state index contributed by atoms with van der Waals surface area (Å²) in [6.45, 7) is 3.73. The number of rotatable bonds is 5. The Hall–Kier alpha value is -2.19. The first-order chi connectivity index (χ1) is 12.7. The van der Waals surface area contributed by atoms with Gasteiger partial charge in [-0.25, -0.2) is 8.42 Å². The lowest BCUT2D eigenvalue weighted by molar-refractivity contribution is 0.1000. The van der Waals surface area contributed by atoms with Crippen LogP contribution in [-0.2, 0) is 22.7 Å². The van der Waals surface area contributed by atoms with Crippen LogP contribution in [0.5, 0.6) is 0 Å². The molecule has 1 atom stereocenters. The molecular formula is C19H22N2O4S2. The maximum Gasteiger partial charge on any atom is 0.256 e. The van der Waals surface area contributed by atoms with Crippen LogP contribution in [-0.4, -0.2) is 26.0 Å². The van der Waals surface area contributed by atoms with E-state index >= 15 is 0 Å². The minimum atomic E-state index is -3.32. The van der Waals surface area contributed by atoms with Crippen LogP contribution >= 0.6 is 11.3 Å². The summed E-state index contributed by atoms with van der Waals surface area (Å²) in [5, 5.41) is 3.25. The molecule has 1 aromatic carbocycles. The molecule has 6 nitrogen and oxygen atoms in total. The van der Waals surface area contributed by atoms with Crippen molar-refractivity contribution in [3.63, 3.8) is 0 Å². The van der Waals surface area contributed by atoms with E-state index in [2.05, 4.69) is 12.2 Å². The molecule has 0 unspecified atom stereocenters. The molecule has 1 aliphatic carbocycles. The van der Waals surface area contributed by atoms with E-state index < -0.39 is 21.7 Å². The predicted octanol–water partition coefficient (Wildman–Crippen LogP) is 3.02. The van der Waals surface area contributed by atoms with Crippen molar-refractivity contribution in [1.29, 1.82) is 0 Å². The SMILES string of the molecule is CCS(=O)(=O)c1ccc(C(=O)Nc2sc3c(c2C(N)=O)CC[C@@H](C)C3)cc1. The van der Waals surface area contributed by atoms with Crippen LogP contribution < -0.4 is 11.1 Å². The van der Waals surface area contributed by atoms with Crippen molar-refractivity contribution in [2.24, 2.45) is 11.7 Å². The van der Waals surface area contributed by atoms with Gasteiger partial charge in [0.25, 0.3) is 11.8 Å². The topological polar surface area (TPSA) is 106 Å². The van der Waals surface area contributed by atoms with Gasteiger partial charge in [0.1, 0.15) is 5.00 Å². The third-order valence-corrected chi connectivity index (χ3v) is 7.76. The van der Waals surface area contributed by atoms with Gasteiger partial charge in [0.15, 0.2) is 9.84 Å². The Labute approximate surface area is 162 Å². The van der Waals surface area contributed by atoms with Crippen LogP contribution in [0.4, 0.5) is 5.00 Å². The molecule has 0 radical (unpaired) electrons. The largest absolute Gasteiger partial charge is 0.365 e. The second-order valence-corrected chi connectivity index (χ2v) is 10.2. The van der Waals surface area contributed by atoms with Crippen molar-refractivity contribution in [3.05, 3.63) is 45.8 Å². The molecule has 0 bridgehead atoms. The van der Waals surface area contributed by atoms with E-state index in [0.29, 0.717) is 22.0 Å². The number of nitrogens with one attached hydrogen (secondary N) is 1. The van der Waals surface area contributed by atoms with Crippen LogP contribution in [0.25, 0.3) is 0 Å². The molecule has 1 aromatic heterocycles. The number of anilines is 1. The number of fused-ring (bicyclic) bond motifs is 1. The van der Waals surface area contributed by atoms with E-state index in [-0.39, 0.29) is 10.6 Å². The molecule has 0 saturated carbocycles. The molecule has 1 aliphatic rings. The molecule has 3 N–H and O–H groups in total. The molecular weight excluding hydrogens is 384 g/mol. The summed E-state index contributed by atoms with van der Waals surface area (Å²) in [6.07, 6.45) is 2.65. The summed E-state index contributed by atoms with van der Waals surface area (Å²) in [5.41, 5.74) is 7.24. The number of sulfone groups is 1. The Kier molecular flexibility index (Phi) is 5.39. The van der Waals surface area contributed by atoms with Crippen LogP contribution in [0, 0.1) is 5.92 Å².